The minimum absolute atomic E-state index is 0.101. The number of rotatable bonds is 5. The third kappa shape index (κ3) is 4.15. The molecular formula is C16H18ClN5O3. The van der Waals surface area contributed by atoms with Gasteiger partial charge < -0.3 is 9.64 Å². The van der Waals surface area contributed by atoms with Crippen molar-refractivity contribution >= 4 is 23.2 Å². The molecule has 1 aliphatic heterocycles. The second kappa shape index (κ2) is 7.62. The number of halogens is 1. The smallest absolute Gasteiger partial charge is 0.305 e. The normalized spacial score (nSPS) is 15.2. The standard InChI is InChI=1S/C16H18ClN5O3/c1-25-15-3-2-13(17)8-12(15)11-20-4-6-21(7-5-20)16-18-9-14(10-19-16)22(23)24/h2-3,8-10H,4-7,11H2,1H3. The van der Waals surface area contributed by atoms with E-state index in [9.17, 15) is 10.1 Å². The van der Waals surface area contributed by atoms with Crippen molar-refractivity contribution in [2.45, 2.75) is 6.54 Å². The van der Waals surface area contributed by atoms with Crippen LogP contribution in [0.4, 0.5) is 11.6 Å². The molecule has 2 aromatic rings. The van der Waals surface area contributed by atoms with E-state index in [2.05, 4.69) is 14.9 Å². The molecule has 0 saturated carbocycles. The lowest BCUT2D eigenvalue weighted by atomic mass is 10.1. The highest BCUT2D eigenvalue weighted by molar-refractivity contribution is 6.30. The fraction of sp³-hybridized carbons (Fsp3) is 0.375. The van der Waals surface area contributed by atoms with Crippen LogP contribution in [0.25, 0.3) is 0 Å². The molecule has 1 saturated heterocycles. The number of anilines is 1. The van der Waals surface area contributed by atoms with Gasteiger partial charge in [0, 0.05) is 43.3 Å². The van der Waals surface area contributed by atoms with Crippen LogP contribution in [-0.4, -0.2) is 53.1 Å². The van der Waals surface area contributed by atoms with Gasteiger partial charge in [-0.05, 0) is 18.2 Å². The van der Waals surface area contributed by atoms with Crippen LogP contribution in [0, 0.1) is 10.1 Å². The van der Waals surface area contributed by atoms with Gasteiger partial charge in [0.05, 0.1) is 12.0 Å². The van der Waals surface area contributed by atoms with Crippen molar-refractivity contribution in [1.82, 2.24) is 14.9 Å². The molecule has 0 N–H and O–H groups in total. The average Bonchev–Trinajstić information content (AvgIpc) is 2.63. The van der Waals surface area contributed by atoms with Crippen molar-refractivity contribution in [1.29, 1.82) is 0 Å². The Morgan fingerprint density at radius 3 is 2.52 bits per heavy atom. The number of hydrogen-bond acceptors (Lipinski definition) is 7. The quantitative estimate of drug-likeness (QED) is 0.595. The van der Waals surface area contributed by atoms with E-state index in [4.69, 9.17) is 16.3 Å². The molecule has 0 spiro atoms. The van der Waals surface area contributed by atoms with Gasteiger partial charge in [0.2, 0.25) is 5.95 Å². The van der Waals surface area contributed by atoms with Crippen molar-refractivity contribution in [3.8, 4) is 5.75 Å². The molecule has 1 aliphatic rings. The third-order valence-electron chi connectivity index (χ3n) is 4.13. The van der Waals surface area contributed by atoms with E-state index < -0.39 is 4.92 Å². The molecule has 0 amide bonds. The zero-order valence-corrected chi connectivity index (χ0v) is 14.5. The summed E-state index contributed by atoms with van der Waals surface area (Å²) in [5, 5.41) is 11.4. The van der Waals surface area contributed by atoms with Gasteiger partial charge in [-0.25, -0.2) is 9.97 Å². The number of piperazine rings is 1. The van der Waals surface area contributed by atoms with Crippen LogP contribution in [0.3, 0.4) is 0 Å². The van der Waals surface area contributed by atoms with E-state index in [0.29, 0.717) is 11.0 Å². The number of aromatic nitrogens is 2. The second-order valence-corrected chi connectivity index (χ2v) is 6.15. The molecule has 0 bridgehead atoms. The molecule has 0 radical (unpaired) electrons. The van der Waals surface area contributed by atoms with Gasteiger partial charge in [-0.15, -0.1) is 0 Å². The highest BCUT2D eigenvalue weighted by atomic mass is 35.5. The maximum atomic E-state index is 10.7. The third-order valence-corrected chi connectivity index (χ3v) is 4.36. The van der Waals surface area contributed by atoms with Gasteiger partial charge in [-0.2, -0.15) is 0 Å². The van der Waals surface area contributed by atoms with Crippen LogP contribution in [0.1, 0.15) is 5.56 Å². The number of nitro groups is 1. The molecule has 0 unspecified atom stereocenters. The minimum Gasteiger partial charge on any atom is -0.496 e. The minimum atomic E-state index is -0.500. The molecule has 2 heterocycles. The number of benzene rings is 1. The molecule has 0 aliphatic carbocycles. The summed E-state index contributed by atoms with van der Waals surface area (Å²) in [5.74, 6) is 1.34. The van der Waals surface area contributed by atoms with Crippen LogP contribution in [0.2, 0.25) is 5.02 Å². The highest BCUT2D eigenvalue weighted by Crippen LogP contribution is 2.24. The summed E-state index contributed by atoms with van der Waals surface area (Å²) in [5.41, 5.74) is 0.950. The summed E-state index contributed by atoms with van der Waals surface area (Å²) in [6.07, 6.45) is 2.48. The highest BCUT2D eigenvalue weighted by Gasteiger charge is 2.21. The zero-order valence-electron chi connectivity index (χ0n) is 13.8. The Bertz CT molecular complexity index is 748. The van der Waals surface area contributed by atoms with Gasteiger partial charge in [0.15, 0.2) is 0 Å². The first-order valence-corrected chi connectivity index (χ1v) is 8.21. The topological polar surface area (TPSA) is 84.6 Å². The van der Waals surface area contributed by atoms with Crippen molar-refractivity contribution in [2.24, 2.45) is 0 Å². The first-order chi connectivity index (χ1) is 12.1. The zero-order chi connectivity index (χ0) is 17.8. The van der Waals surface area contributed by atoms with Crippen LogP contribution in [-0.2, 0) is 6.54 Å². The van der Waals surface area contributed by atoms with Crippen LogP contribution in [0.5, 0.6) is 5.75 Å². The van der Waals surface area contributed by atoms with Crippen molar-refractivity contribution in [3.63, 3.8) is 0 Å². The average molecular weight is 364 g/mol. The van der Waals surface area contributed by atoms with E-state index >= 15 is 0 Å². The monoisotopic (exact) mass is 363 g/mol. The van der Waals surface area contributed by atoms with Gasteiger partial charge in [-0.3, -0.25) is 15.0 Å². The maximum absolute atomic E-state index is 10.7. The lowest BCUT2D eigenvalue weighted by Crippen LogP contribution is -2.46. The van der Waals surface area contributed by atoms with E-state index in [1.54, 1.807) is 7.11 Å². The lowest BCUT2D eigenvalue weighted by molar-refractivity contribution is -0.385. The van der Waals surface area contributed by atoms with Gasteiger partial charge >= 0.3 is 5.69 Å². The molecule has 9 heteroatoms. The fourth-order valence-electron chi connectivity index (χ4n) is 2.79. The van der Waals surface area contributed by atoms with Crippen LogP contribution < -0.4 is 9.64 Å². The maximum Gasteiger partial charge on any atom is 0.305 e. The van der Waals surface area contributed by atoms with Gasteiger partial charge in [0.25, 0.3) is 0 Å². The predicted molar refractivity (Wildman–Crippen MR) is 94.2 cm³/mol. The Hall–Kier alpha value is -2.45. The molecule has 0 atom stereocenters. The second-order valence-electron chi connectivity index (χ2n) is 5.72. The molecule has 132 valence electrons. The van der Waals surface area contributed by atoms with Crippen LogP contribution >= 0.6 is 11.6 Å². The van der Waals surface area contributed by atoms with Gasteiger partial charge in [-0.1, -0.05) is 11.6 Å². The van der Waals surface area contributed by atoms with Crippen LogP contribution in [0.15, 0.2) is 30.6 Å². The Morgan fingerprint density at radius 2 is 1.92 bits per heavy atom. The van der Waals surface area contributed by atoms with Crippen molar-refractivity contribution < 1.29 is 9.66 Å². The molecule has 25 heavy (non-hydrogen) atoms. The summed E-state index contributed by atoms with van der Waals surface area (Å²) in [6.45, 7) is 3.91. The predicted octanol–water partition coefficient (Wildman–Crippen LogP) is 2.37. The largest absolute Gasteiger partial charge is 0.496 e. The molecule has 3 rings (SSSR count). The Morgan fingerprint density at radius 1 is 1.24 bits per heavy atom. The number of nitrogens with zero attached hydrogens (tertiary/aromatic N) is 5. The summed E-state index contributed by atoms with van der Waals surface area (Å²) < 4.78 is 5.39. The van der Waals surface area contributed by atoms with Crippen molar-refractivity contribution in [3.05, 3.63) is 51.3 Å². The molecule has 1 fully saturated rings. The van der Waals surface area contributed by atoms with E-state index in [1.807, 2.05) is 23.1 Å². The first kappa shape index (κ1) is 17.4. The first-order valence-electron chi connectivity index (χ1n) is 7.83. The molecule has 1 aromatic carbocycles. The number of ether oxygens (including phenoxy) is 1. The number of hydrogen-bond donors (Lipinski definition) is 0. The summed E-state index contributed by atoms with van der Waals surface area (Å²) in [7, 11) is 1.65. The Kier molecular flexibility index (Phi) is 5.30. The lowest BCUT2D eigenvalue weighted by Gasteiger charge is -2.34. The summed E-state index contributed by atoms with van der Waals surface area (Å²) >= 11 is 6.08. The summed E-state index contributed by atoms with van der Waals surface area (Å²) in [4.78, 5) is 22.7. The fourth-order valence-corrected chi connectivity index (χ4v) is 2.98. The Labute approximate surface area is 150 Å². The van der Waals surface area contributed by atoms with Gasteiger partial charge in [0.1, 0.15) is 18.1 Å². The molecule has 1 aromatic heterocycles. The SMILES string of the molecule is COc1ccc(Cl)cc1CN1CCN(c2ncc([N+](=O)[O-])cn2)CC1. The summed E-state index contributed by atoms with van der Waals surface area (Å²) in [6, 6.07) is 5.61. The molecular weight excluding hydrogens is 346 g/mol. The number of methoxy groups -OCH3 is 1. The Balaban J connectivity index is 1.60. The van der Waals surface area contributed by atoms with E-state index in [0.717, 1.165) is 44.0 Å². The van der Waals surface area contributed by atoms with E-state index in [1.165, 1.54) is 12.4 Å². The van der Waals surface area contributed by atoms with E-state index in [-0.39, 0.29) is 5.69 Å². The van der Waals surface area contributed by atoms with Crippen molar-refractivity contribution in [2.75, 3.05) is 38.2 Å². The molecule has 8 nitrogen and oxygen atoms in total.